The van der Waals surface area contributed by atoms with Crippen LogP contribution in [0.1, 0.15) is 29.2 Å². The first-order valence-electron chi connectivity index (χ1n) is 6.34. The van der Waals surface area contributed by atoms with Crippen LogP contribution in [0.4, 0.5) is 0 Å². The normalized spacial score (nSPS) is 10.6. The number of hydrogen-bond acceptors (Lipinski definition) is 0. The number of benzene rings is 2. The lowest BCUT2D eigenvalue weighted by Crippen LogP contribution is -1.94. The maximum atomic E-state index is 4.11. The van der Waals surface area contributed by atoms with Gasteiger partial charge in [0, 0.05) is 0 Å². The summed E-state index contributed by atoms with van der Waals surface area (Å²) in [6.07, 6.45) is 2.89. The molecule has 0 N–H and O–H groups in total. The van der Waals surface area contributed by atoms with Crippen LogP contribution in [0.2, 0.25) is 0 Å². The van der Waals surface area contributed by atoms with Crippen molar-refractivity contribution in [1.29, 1.82) is 0 Å². The van der Waals surface area contributed by atoms with Crippen molar-refractivity contribution in [2.75, 3.05) is 0 Å². The lowest BCUT2D eigenvalue weighted by atomic mass is 9.90. The zero-order chi connectivity index (χ0) is 13.3. The van der Waals surface area contributed by atoms with E-state index in [1.165, 1.54) is 33.0 Å². The Balaban J connectivity index is 2.88. The van der Waals surface area contributed by atoms with Gasteiger partial charge in [-0.25, -0.2) is 0 Å². The summed E-state index contributed by atoms with van der Waals surface area (Å²) in [6.45, 7) is 14.4. The Kier molecular flexibility index (Phi) is 3.38. The fraction of sp³-hybridized carbons (Fsp3) is 0.222. The minimum atomic E-state index is 0.919. The van der Waals surface area contributed by atoms with E-state index in [0.717, 1.165) is 12.0 Å². The largest absolute Gasteiger partial charge is 0.103 e. The molecule has 2 aromatic carbocycles. The first-order chi connectivity index (χ1) is 8.56. The van der Waals surface area contributed by atoms with E-state index in [1.807, 2.05) is 6.08 Å². The number of allylic oxidation sites excluding steroid dienone is 2. The van der Waals surface area contributed by atoms with Crippen LogP contribution in [-0.2, 0) is 6.42 Å². The monoisotopic (exact) mass is 236 g/mol. The highest BCUT2D eigenvalue weighted by atomic mass is 14.1. The molecular weight excluding hydrogens is 216 g/mol. The van der Waals surface area contributed by atoms with Crippen molar-refractivity contribution < 1.29 is 0 Å². The lowest BCUT2D eigenvalue weighted by molar-refractivity contribution is 1.24. The Morgan fingerprint density at radius 2 is 1.67 bits per heavy atom. The fourth-order valence-corrected chi connectivity index (χ4v) is 2.67. The molecule has 0 saturated heterocycles. The number of aryl methyl sites for hydroxylation is 2. The average Bonchev–Trinajstić information content (AvgIpc) is 2.32. The van der Waals surface area contributed by atoms with E-state index in [4.69, 9.17) is 0 Å². The van der Waals surface area contributed by atoms with E-state index in [2.05, 4.69) is 58.2 Å². The fourth-order valence-electron chi connectivity index (χ4n) is 2.67. The maximum Gasteiger partial charge on any atom is -0.00913 e. The zero-order valence-electron chi connectivity index (χ0n) is 11.5. The van der Waals surface area contributed by atoms with Gasteiger partial charge in [-0.3, -0.25) is 0 Å². The molecule has 2 aromatic rings. The van der Waals surface area contributed by atoms with E-state index in [-0.39, 0.29) is 0 Å². The third-order valence-electron chi connectivity index (χ3n) is 3.53. The highest BCUT2D eigenvalue weighted by Crippen LogP contribution is 2.31. The number of rotatable bonds is 3. The van der Waals surface area contributed by atoms with E-state index in [0.29, 0.717) is 0 Å². The summed E-state index contributed by atoms with van der Waals surface area (Å²) >= 11 is 0. The van der Waals surface area contributed by atoms with Gasteiger partial charge in [0.05, 0.1) is 0 Å². The van der Waals surface area contributed by atoms with Gasteiger partial charge >= 0.3 is 0 Å². The minimum absolute atomic E-state index is 0.919. The lowest BCUT2D eigenvalue weighted by Gasteiger charge is -2.14. The van der Waals surface area contributed by atoms with E-state index < -0.39 is 0 Å². The molecular formula is C18H20. The molecule has 0 aromatic heterocycles. The van der Waals surface area contributed by atoms with Crippen molar-refractivity contribution in [3.8, 4) is 0 Å². The molecule has 0 heteroatoms. The van der Waals surface area contributed by atoms with Crippen LogP contribution in [-0.4, -0.2) is 0 Å². The van der Waals surface area contributed by atoms with Gasteiger partial charge in [0.15, 0.2) is 0 Å². The van der Waals surface area contributed by atoms with Crippen LogP contribution in [0.15, 0.2) is 43.5 Å². The number of hydrogen-bond donors (Lipinski definition) is 0. The summed E-state index contributed by atoms with van der Waals surface area (Å²) in [5, 5.41) is 2.64. The molecule has 0 aliphatic carbocycles. The Morgan fingerprint density at radius 3 is 2.28 bits per heavy atom. The van der Waals surface area contributed by atoms with Gasteiger partial charge in [0.2, 0.25) is 0 Å². The maximum absolute atomic E-state index is 4.11. The van der Waals surface area contributed by atoms with Crippen molar-refractivity contribution >= 4 is 16.3 Å². The average molecular weight is 236 g/mol. The summed E-state index contributed by atoms with van der Waals surface area (Å²) in [5.74, 6) is 0. The van der Waals surface area contributed by atoms with Crippen LogP contribution in [0, 0.1) is 13.8 Å². The predicted molar refractivity (Wildman–Crippen MR) is 82.0 cm³/mol. The van der Waals surface area contributed by atoms with E-state index >= 15 is 0 Å². The van der Waals surface area contributed by atoms with Gasteiger partial charge in [-0.05, 0) is 60.2 Å². The predicted octanol–water partition coefficient (Wildman–Crippen LogP) is 5.22. The second kappa shape index (κ2) is 4.81. The smallest absolute Gasteiger partial charge is 0.00913 e. The second-order valence-corrected chi connectivity index (χ2v) is 4.99. The molecule has 0 aliphatic heterocycles. The minimum Gasteiger partial charge on any atom is -0.103 e. The first-order valence-corrected chi connectivity index (χ1v) is 6.34. The van der Waals surface area contributed by atoms with Crippen LogP contribution in [0.3, 0.4) is 0 Å². The molecule has 0 atom stereocenters. The van der Waals surface area contributed by atoms with Crippen LogP contribution < -0.4 is 0 Å². The zero-order valence-corrected chi connectivity index (χ0v) is 11.5. The molecule has 0 bridgehead atoms. The Morgan fingerprint density at radius 1 is 1.06 bits per heavy atom. The third-order valence-corrected chi connectivity index (χ3v) is 3.53. The summed E-state index contributed by atoms with van der Waals surface area (Å²) in [6, 6.07) is 8.84. The number of fused-ring (bicyclic) bond motifs is 1. The van der Waals surface area contributed by atoms with Crippen LogP contribution in [0.25, 0.3) is 16.3 Å². The molecule has 0 saturated carbocycles. The highest BCUT2D eigenvalue weighted by Gasteiger charge is 2.09. The molecule has 0 fully saturated rings. The quantitative estimate of drug-likeness (QED) is 0.641. The molecule has 0 amide bonds. The van der Waals surface area contributed by atoms with Crippen molar-refractivity contribution in [2.24, 2.45) is 0 Å². The molecule has 2 rings (SSSR count). The van der Waals surface area contributed by atoms with E-state index in [9.17, 15) is 0 Å². The molecule has 0 unspecified atom stereocenters. The van der Waals surface area contributed by atoms with Gasteiger partial charge in [-0.15, -0.1) is 6.58 Å². The van der Waals surface area contributed by atoms with Crippen LogP contribution >= 0.6 is 0 Å². The molecule has 18 heavy (non-hydrogen) atoms. The molecule has 0 heterocycles. The van der Waals surface area contributed by atoms with E-state index in [1.54, 1.807) is 0 Å². The standard InChI is InChI=1S/C18H20/c1-6-7-15-13(4)8-11-17-16(15)10-9-14(5)18(17)12(2)3/h6,8-11H,1-2,7H2,3-5H3. The summed E-state index contributed by atoms with van der Waals surface area (Å²) in [7, 11) is 0. The van der Waals surface area contributed by atoms with Gasteiger partial charge in [-0.2, -0.15) is 0 Å². The van der Waals surface area contributed by atoms with Gasteiger partial charge < -0.3 is 0 Å². The molecule has 0 radical (unpaired) electrons. The Hall–Kier alpha value is -1.82. The molecule has 0 spiro atoms. The van der Waals surface area contributed by atoms with Gasteiger partial charge in [0.25, 0.3) is 0 Å². The van der Waals surface area contributed by atoms with Gasteiger partial charge in [-0.1, -0.05) is 42.5 Å². The van der Waals surface area contributed by atoms with Crippen LogP contribution in [0.5, 0.6) is 0 Å². The molecule has 0 nitrogen and oxygen atoms in total. The van der Waals surface area contributed by atoms with Crippen molar-refractivity contribution in [2.45, 2.75) is 27.2 Å². The second-order valence-electron chi connectivity index (χ2n) is 4.99. The van der Waals surface area contributed by atoms with Crippen molar-refractivity contribution in [3.05, 3.63) is 65.8 Å². The Labute approximate surface area is 110 Å². The highest BCUT2D eigenvalue weighted by molar-refractivity contribution is 5.97. The van der Waals surface area contributed by atoms with Gasteiger partial charge in [0.1, 0.15) is 0 Å². The van der Waals surface area contributed by atoms with Crippen molar-refractivity contribution in [1.82, 2.24) is 0 Å². The third kappa shape index (κ3) is 1.99. The SMILES string of the molecule is C=CCc1c(C)ccc2c(C(=C)C)c(C)ccc12. The Bertz CT molecular complexity index is 630. The molecule has 92 valence electrons. The topological polar surface area (TPSA) is 0 Å². The first kappa shape index (κ1) is 12.6. The summed E-state index contributed by atoms with van der Waals surface area (Å²) in [5.41, 5.74) is 6.43. The summed E-state index contributed by atoms with van der Waals surface area (Å²) < 4.78 is 0. The summed E-state index contributed by atoms with van der Waals surface area (Å²) in [4.78, 5) is 0. The molecule has 0 aliphatic rings. The van der Waals surface area contributed by atoms with Crippen molar-refractivity contribution in [3.63, 3.8) is 0 Å².